The van der Waals surface area contributed by atoms with Crippen molar-refractivity contribution in [2.24, 2.45) is 0 Å². The van der Waals surface area contributed by atoms with Crippen LogP contribution in [0.25, 0.3) is 0 Å². The number of hydrogen-bond donors (Lipinski definition) is 1. The van der Waals surface area contributed by atoms with Gasteiger partial charge in [0.15, 0.2) is 0 Å². The zero-order chi connectivity index (χ0) is 17.2. The number of imide groups is 1. The number of nitrogens with zero attached hydrogens (tertiary/aromatic N) is 1. The summed E-state index contributed by atoms with van der Waals surface area (Å²) in [5.41, 5.74) is 0.427. The van der Waals surface area contributed by atoms with E-state index in [2.05, 4.69) is 4.72 Å². The number of nitrogens with one attached hydrogen (secondary N) is 1. The van der Waals surface area contributed by atoms with Gasteiger partial charge < -0.3 is 0 Å². The Bertz CT molecular complexity index is 703. The lowest BCUT2D eigenvalue weighted by molar-refractivity contribution is -0.121. The van der Waals surface area contributed by atoms with Crippen molar-refractivity contribution in [3.63, 3.8) is 0 Å². The summed E-state index contributed by atoms with van der Waals surface area (Å²) in [6.07, 6.45) is 6.57. The minimum Gasteiger partial charge on any atom is -0.274 e. The van der Waals surface area contributed by atoms with Crippen LogP contribution in [-0.4, -0.2) is 26.3 Å². The number of anilines is 1. The maximum absolute atomic E-state index is 12.5. The van der Waals surface area contributed by atoms with E-state index in [0.717, 1.165) is 43.4 Å². The normalized spacial score (nSPS) is 20.4. The van der Waals surface area contributed by atoms with Gasteiger partial charge in [0.1, 0.15) is 0 Å². The minimum atomic E-state index is -3.58. The quantitative estimate of drug-likeness (QED) is 0.667. The molecule has 1 aromatic rings. The number of sulfonamides is 1. The molecule has 1 aliphatic heterocycles. The van der Waals surface area contributed by atoms with Crippen molar-refractivity contribution < 1.29 is 18.0 Å². The Labute approximate surface area is 142 Å². The molecule has 2 amide bonds. The number of benzene rings is 1. The lowest BCUT2D eigenvalue weighted by Crippen LogP contribution is -2.34. The molecule has 130 valence electrons. The average molecular weight is 350 g/mol. The predicted octanol–water partition coefficient (Wildman–Crippen LogP) is 2.34. The van der Waals surface area contributed by atoms with Gasteiger partial charge in [-0.3, -0.25) is 14.5 Å². The standard InChI is InChI=1S/C17H22N2O4S/c20-16-11-12-17(21)19(16)14-7-9-15(10-8-14)24(22,23)18-13-5-3-1-2-4-6-13/h7-10,13,18H,1-6,11-12H2. The molecular formula is C17H22N2O4S. The van der Waals surface area contributed by atoms with E-state index >= 15 is 0 Å². The van der Waals surface area contributed by atoms with Crippen molar-refractivity contribution in [1.29, 1.82) is 0 Å². The summed E-state index contributed by atoms with van der Waals surface area (Å²) in [4.78, 5) is 24.8. The molecule has 0 atom stereocenters. The molecule has 1 saturated heterocycles. The third kappa shape index (κ3) is 3.67. The molecular weight excluding hydrogens is 328 g/mol. The fourth-order valence-corrected chi connectivity index (χ4v) is 4.63. The predicted molar refractivity (Wildman–Crippen MR) is 90.0 cm³/mol. The second-order valence-electron chi connectivity index (χ2n) is 6.43. The first-order valence-electron chi connectivity index (χ1n) is 8.45. The first kappa shape index (κ1) is 17.1. The summed E-state index contributed by atoms with van der Waals surface area (Å²) in [5, 5.41) is 0. The Morgan fingerprint density at radius 1 is 0.875 bits per heavy atom. The SMILES string of the molecule is O=C1CCC(=O)N1c1ccc(S(=O)(=O)NC2CCCCCC2)cc1. The van der Waals surface area contributed by atoms with Crippen LogP contribution < -0.4 is 9.62 Å². The van der Waals surface area contributed by atoms with E-state index in [4.69, 9.17) is 0 Å². The van der Waals surface area contributed by atoms with Crippen LogP contribution in [0.4, 0.5) is 5.69 Å². The molecule has 7 heteroatoms. The fourth-order valence-electron chi connectivity index (χ4n) is 3.32. The monoisotopic (exact) mass is 350 g/mol. The van der Waals surface area contributed by atoms with E-state index < -0.39 is 10.0 Å². The smallest absolute Gasteiger partial charge is 0.240 e. The van der Waals surface area contributed by atoms with E-state index in [1.54, 1.807) is 0 Å². The van der Waals surface area contributed by atoms with Crippen LogP contribution in [0.1, 0.15) is 51.4 Å². The van der Waals surface area contributed by atoms with Crippen LogP contribution >= 0.6 is 0 Å². The molecule has 1 saturated carbocycles. The van der Waals surface area contributed by atoms with Crippen LogP contribution in [0.15, 0.2) is 29.2 Å². The van der Waals surface area contributed by atoms with Crippen molar-refractivity contribution in [1.82, 2.24) is 4.72 Å². The molecule has 0 aromatic heterocycles. The van der Waals surface area contributed by atoms with Gasteiger partial charge in [-0.15, -0.1) is 0 Å². The summed E-state index contributed by atoms with van der Waals surface area (Å²) >= 11 is 0. The van der Waals surface area contributed by atoms with Crippen LogP contribution in [-0.2, 0) is 19.6 Å². The maximum Gasteiger partial charge on any atom is 0.240 e. The third-order valence-electron chi connectivity index (χ3n) is 4.63. The number of rotatable bonds is 4. The molecule has 2 fully saturated rings. The van der Waals surface area contributed by atoms with Gasteiger partial charge in [0.2, 0.25) is 21.8 Å². The highest BCUT2D eigenvalue weighted by molar-refractivity contribution is 7.89. The molecule has 1 aromatic carbocycles. The number of carbonyl (C=O) groups excluding carboxylic acids is 2. The van der Waals surface area contributed by atoms with E-state index in [9.17, 15) is 18.0 Å². The van der Waals surface area contributed by atoms with Gasteiger partial charge in [-0.1, -0.05) is 25.7 Å². The second-order valence-corrected chi connectivity index (χ2v) is 8.14. The van der Waals surface area contributed by atoms with E-state index in [1.165, 1.54) is 24.3 Å². The Hall–Kier alpha value is -1.73. The molecule has 3 rings (SSSR count). The highest BCUT2D eigenvalue weighted by Crippen LogP contribution is 2.25. The average Bonchev–Trinajstić information content (AvgIpc) is 2.75. The molecule has 1 aliphatic carbocycles. The first-order chi connectivity index (χ1) is 11.5. The number of amides is 2. The van der Waals surface area contributed by atoms with E-state index in [1.807, 2.05) is 0 Å². The minimum absolute atomic E-state index is 0.0149. The van der Waals surface area contributed by atoms with Crippen molar-refractivity contribution in [2.45, 2.75) is 62.3 Å². The van der Waals surface area contributed by atoms with Crippen molar-refractivity contribution in [2.75, 3.05) is 4.90 Å². The molecule has 0 radical (unpaired) electrons. The number of carbonyl (C=O) groups is 2. The van der Waals surface area contributed by atoms with Gasteiger partial charge in [0.25, 0.3) is 0 Å². The highest BCUT2D eigenvalue weighted by Gasteiger charge is 2.30. The first-order valence-corrected chi connectivity index (χ1v) is 9.94. The largest absolute Gasteiger partial charge is 0.274 e. The summed E-state index contributed by atoms with van der Waals surface area (Å²) in [5.74, 6) is -0.487. The molecule has 1 heterocycles. The van der Waals surface area contributed by atoms with Gasteiger partial charge in [-0.25, -0.2) is 13.1 Å². The summed E-state index contributed by atoms with van der Waals surface area (Å²) in [6, 6.07) is 5.92. The van der Waals surface area contributed by atoms with Crippen LogP contribution in [0.5, 0.6) is 0 Å². The molecule has 1 N–H and O–H groups in total. The van der Waals surface area contributed by atoms with Gasteiger partial charge in [-0.2, -0.15) is 0 Å². The van der Waals surface area contributed by atoms with E-state index in [0.29, 0.717) is 5.69 Å². The topological polar surface area (TPSA) is 83.6 Å². The zero-order valence-electron chi connectivity index (χ0n) is 13.5. The summed E-state index contributed by atoms with van der Waals surface area (Å²) in [7, 11) is -3.58. The molecule has 0 bridgehead atoms. The lowest BCUT2D eigenvalue weighted by atomic mass is 10.1. The Morgan fingerprint density at radius 2 is 1.42 bits per heavy atom. The molecule has 24 heavy (non-hydrogen) atoms. The van der Waals surface area contributed by atoms with Crippen molar-refractivity contribution >= 4 is 27.5 Å². The van der Waals surface area contributed by atoms with Crippen LogP contribution in [0, 0.1) is 0 Å². The Morgan fingerprint density at radius 3 is 1.96 bits per heavy atom. The lowest BCUT2D eigenvalue weighted by Gasteiger charge is -2.17. The fraction of sp³-hybridized carbons (Fsp3) is 0.529. The maximum atomic E-state index is 12.5. The molecule has 6 nitrogen and oxygen atoms in total. The van der Waals surface area contributed by atoms with Gasteiger partial charge in [0, 0.05) is 18.9 Å². The molecule has 0 spiro atoms. The Balaban J connectivity index is 1.74. The zero-order valence-corrected chi connectivity index (χ0v) is 14.3. The van der Waals surface area contributed by atoms with Crippen LogP contribution in [0.3, 0.4) is 0 Å². The summed E-state index contributed by atoms with van der Waals surface area (Å²) < 4.78 is 27.8. The van der Waals surface area contributed by atoms with Crippen molar-refractivity contribution in [3.05, 3.63) is 24.3 Å². The molecule has 2 aliphatic rings. The summed E-state index contributed by atoms with van der Waals surface area (Å²) in [6.45, 7) is 0. The van der Waals surface area contributed by atoms with Gasteiger partial charge in [-0.05, 0) is 37.1 Å². The Kier molecular flexibility index (Phi) is 5.01. The van der Waals surface area contributed by atoms with Crippen molar-refractivity contribution in [3.8, 4) is 0 Å². The van der Waals surface area contributed by atoms with Gasteiger partial charge >= 0.3 is 0 Å². The highest BCUT2D eigenvalue weighted by atomic mass is 32.2. The van der Waals surface area contributed by atoms with Crippen LogP contribution in [0.2, 0.25) is 0 Å². The molecule has 0 unspecified atom stereocenters. The third-order valence-corrected chi connectivity index (χ3v) is 6.17. The van der Waals surface area contributed by atoms with E-state index in [-0.39, 0.29) is 35.6 Å². The number of hydrogen-bond acceptors (Lipinski definition) is 4. The second kappa shape index (κ2) is 7.03. The van der Waals surface area contributed by atoms with Gasteiger partial charge in [0.05, 0.1) is 10.6 Å².